The van der Waals surface area contributed by atoms with Crippen molar-refractivity contribution in [2.24, 2.45) is 7.05 Å². The molecule has 1 aliphatic heterocycles. The van der Waals surface area contributed by atoms with E-state index < -0.39 is 33.8 Å². The maximum atomic E-state index is 13.2. The Balaban J connectivity index is 2.04. The molecule has 0 aliphatic carbocycles. The van der Waals surface area contributed by atoms with Gasteiger partial charge in [-0.25, -0.2) is 12.8 Å². The molecule has 1 aromatic carbocycles. The average molecular weight is 405 g/mol. The zero-order valence-electron chi connectivity index (χ0n) is 14.6. The molecule has 2 aromatic rings. The van der Waals surface area contributed by atoms with Gasteiger partial charge in [0.1, 0.15) is 5.82 Å². The molecule has 0 amide bonds. The van der Waals surface area contributed by atoms with E-state index in [9.17, 15) is 26.0 Å². The van der Waals surface area contributed by atoms with Gasteiger partial charge in [0, 0.05) is 13.6 Å². The van der Waals surface area contributed by atoms with Gasteiger partial charge in [-0.05, 0) is 43.2 Å². The van der Waals surface area contributed by atoms with E-state index >= 15 is 0 Å². The van der Waals surface area contributed by atoms with E-state index in [4.69, 9.17) is 0 Å². The number of benzene rings is 1. The van der Waals surface area contributed by atoms with E-state index in [1.54, 1.807) is 0 Å². The van der Waals surface area contributed by atoms with Crippen LogP contribution in [0.1, 0.15) is 43.1 Å². The zero-order chi connectivity index (χ0) is 19.8. The van der Waals surface area contributed by atoms with Crippen molar-refractivity contribution in [1.82, 2.24) is 14.1 Å². The summed E-state index contributed by atoms with van der Waals surface area (Å²) in [5, 5.41) is 3.51. The van der Waals surface area contributed by atoms with Crippen molar-refractivity contribution in [2.45, 2.75) is 42.8 Å². The Hall–Kier alpha value is -1.94. The van der Waals surface area contributed by atoms with E-state index in [1.165, 1.54) is 11.4 Å². The number of nitrogens with zero attached hydrogens (tertiary/aromatic N) is 3. The van der Waals surface area contributed by atoms with Crippen LogP contribution in [-0.4, -0.2) is 29.0 Å². The van der Waals surface area contributed by atoms with E-state index in [2.05, 4.69) is 5.10 Å². The standard InChI is InChI=1S/C17H19F4N3O2S/c1-23-15(11-16(22-23)17(19,20)21)14-5-3-2-4-10-24(14)27(25,26)13-8-6-12(18)7-9-13/h6-9,11,14H,2-5,10H2,1H3/t14-/m1/s1. The summed E-state index contributed by atoms with van der Waals surface area (Å²) in [6.07, 6.45) is -2.16. The van der Waals surface area contributed by atoms with Gasteiger partial charge in [0.25, 0.3) is 0 Å². The van der Waals surface area contributed by atoms with Crippen LogP contribution in [0.25, 0.3) is 0 Å². The van der Waals surface area contributed by atoms with Gasteiger partial charge in [0.2, 0.25) is 10.0 Å². The van der Waals surface area contributed by atoms with Crippen LogP contribution in [0.15, 0.2) is 35.2 Å². The molecule has 1 atom stereocenters. The Morgan fingerprint density at radius 2 is 1.78 bits per heavy atom. The Morgan fingerprint density at radius 1 is 1.11 bits per heavy atom. The molecule has 3 rings (SSSR count). The van der Waals surface area contributed by atoms with Gasteiger partial charge in [-0.1, -0.05) is 12.8 Å². The van der Waals surface area contributed by atoms with Crippen molar-refractivity contribution in [3.8, 4) is 0 Å². The maximum absolute atomic E-state index is 13.2. The van der Waals surface area contributed by atoms with Gasteiger partial charge in [-0.15, -0.1) is 0 Å². The summed E-state index contributed by atoms with van der Waals surface area (Å²) in [6.45, 7) is 0.177. The highest BCUT2D eigenvalue weighted by Gasteiger charge is 2.39. The van der Waals surface area contributed by atoms with Crippen molar-refractivity contribution in [2.75, 3.05) is 6.54 Å². The van der Waals surface area contributed by atoms with Gasteiger partial charge in [-0.2, -0.15) is 22.6 Å². The lowest BCUT2D eigenvalue weighted by Gasteiger charge is -2.29. The molecule has 1 aliphatic rings. The fourth-order valence-electron chi connectivity index (χ4n) is 3.34. The Kier molecular flexibility index (Phi) is 5.31. The van der Waals surface area contributed by atoms with Crippen molar-refractivity contribution in [3.63, 3.8) is 0 Å². The summed E-state index contributed by atoms with van der Waals surface area (Å²) in [5.41, 5.74) is -0.863. The summed E-state index contributed by atoms with van der Waals surface area (Å²) < 4.78 is 80.7. The Labute approximate surface area is 154 Å². The van der Waals surface area contributed by atoms with Crippen LogP contribution in [0.2, 0.25) is 0 Å². The fourth-order valence-corrected chi connectivity index (χ4v) is 5.01. The third kappa shape index (κ3) is 4.01. The van der Waals surface area contributed by atoms with Crippen LogP contribution in [0.5, 0.6) is 0 Å². The van der Waals surface area contributed by atoms with Crippen molar-refractivity contribution in [3.05, 3.63) is 47.5 Å². The Bertz CT molecular complexity index is 907. The van der Waals surface area contributed by atoms with Gasteiger partial charge < -0.3 is 0 Å². The molecular weight excluding hydrogens is 386 g/mol. The lowest BCUT2D eigenvalue weighted by atomic mass is 10.1. The Morgan fingerprint density at radius 3 is 2.37 bits per heavy atom. The summed E-state index contributed by atoms with van der Waals surface area (Å²) in [7, 11) is -2.62. The molecule has 0 spiro atoms. The molecule has 10 heteroatoms. The first kappa shape index (κ1) is 19.8. The van der Waals surface area contributed by atoms with Crippen LogP contribution >= 0.6 is 0 Å². The maximum Gasteiger partial charge on any atom is 0.435 e. The highest BCUT2D eigenvalue weighted by Crippen LogP contribution is 2.37. The van der Waals surface area contributed by atoms with Crippen molar-refractivity contribution < 1.29 is 26.0 Å². The quantitative estimate of drug-likeness (QED) is 0.729. The lowest BCUT2D eigenvalue weighted by Crippen LogP contribution is -2.35. The van der Waals surface area contributed by atoms with Gasteiger partial charge in [0.15, 0.2) is 5.69 Å². The number of alkyl halides is 3. The molecular formula is C17H19F4N3O2S. The highest BCUT2D eigenvalue weighted by atomic mass is 32.2. The van der Waals surface area contributed by atoms with E-state index in [1.807, 2.05) is 0 Å². The fraction of sp³-hybridized carbons (Fsp3) is 0.471. The molecule has 1 fully saturated rings. The molecule has 27 heavy (non-hydrogen) atoms. The third-order valence-electron chi connectivity index (χ3n) is 4.67. The molecule has 0 N–H and O–H groups in total. The first-order chi connectivity index (χ1) is 12.6. The molecule has 1 aromatic heterocycles. The topological polar surface area (TPSA) is 55.2 Å². The molecule has 0 radical (unpaired) electrons. The largest absolute Gasteiger partial charge is 0.435 e. The van der Waals surface area contributed by atoms with Gasteiger partial charge in [0.05, 0.1) is 16.6 Å². The highest BCUT2D eigenvalue weighted by molar-refractivity contribution is 7.89. The van der Waals surface area contributed by atoms with Crippen LogP contribution in [0, 0.1) is 5.82 Å². The molecule has 2 heterocycles. The van der Waals surface area contributed by atoms with Gasteiger partial charge in [-0.3, -0.25) is 4.68 Å². The lowest BCUT2D eigenvalue weighted by molar-refractivity contribution is -0.141. The van der Waals surface area contributed by atoms with Crippen LogP contribution < -0.4 is 0 Å². The normalized spacial score (nSPS) is 19.8. The van der Waals surface area contributed by atoms with E-state index in [0.29, 0.717) is 19.3 Å². The number of hydrogen-bond donors (Lipinski definition) is 0. The number of rotatable bonds is 3. The average Bonchev–Trinajstić information content (AvgIpc) is 2.82. The zero-order valence-corrected chi connectivity index (χ0v) is 15.4. The second-order valence-electron chi connectivity index (χ2n) is 6.51. The summed E-state index contributed by atoms with van der Waals surface area (Å²) in [4.78, 5) is -0.0889. The summed E-state index contributed by atoms with van der Waals surface area (Å²) in [5.74, 6) is -0.567. The minimum Gasteiger partial charge on any atom is -0.270 e. The number of hydrogen-bond acceptors (Lipinski definition) is 3. The first-order valence-corrected chi connectivity index (χ1v) is 9.93. The summed E-state index contributed by atoms with van der Waals surface area (Å²) >= 11 is 0. The predicted molar refractivity (Wildman–Crippen MR) is 89.7 cm³/mol. The number of aryl methyl sites for hydroxylation is 1. The number of halogens is 4. The molecule has 0 saturated carbocycles. The van der Waals surface area contributed by atoms with Crippen LogP contribution in [0.3, 0.4) is 0 Å². The number of sulfonamides is 1. The first-order valence-electron chi connectivity index (χ1n) is 8.49. The monoisotopic (exact) mass is 405 g/mol. The predicted octanol–water partition coefficient (Wildman–Crippen LogP) is 3.88. The SMILES string of the molecule is Cn1nc(C(F)(F)F)cc1[C@H]1CCCCCN1S(=O)(=O)c1ccc(F)cc1. The van der Waals surface area contributed by atoms with Gasteiger partial charge >= 0.3 is 6.18 Å². The van der Waals surface area contributed by atoms with E-state index in [-0.39, 0.29) is 17.1 Å². The van der Waals surface area contributed by atoms with Crippen LogP contribution in [0.4, 0.5) is 17.6 Å². The minimum absolute atomic E-state index is 0.0889. The molecule has 5 nitrogen and oxygen atoms in total. The molecule has 0 unspecified atom stereocenters. The van der Waals surface area contributed by atoms with Crippen LogP contribution in [-0.2, 0) is 23.2 Å². The summed E-state index contributed by atoms with van der Waals surface area (Å²) in [6, 6.07) is 4.56. The molecule has 148 valence electrons. The number of aromatic nitrogens is 2. The minimum atomic E-state index is -4.61. The van der Waals surface area contributed by atoms with Crippen molar-refractivity contribution in [1.29, 1.82) is 0 Å². The molecule has 0 bridgehead atoms. The third-order valence-corrected chi connectivity index (χ3v) is 6.59. The smallest absolute Gasteiger partial charge is 0.270 e. The van der Waals surface area contributed by atoms with E-state index in [0.717, 1.165) is 41.4 Å². The van der Waals surface area contributed by atoms with Crippen molar-refractivity contribution >= 4 is 10.0 Å². The second-order valence-corrected chi connectivity index (χ2v) is 8.40. The molecule has 1 saturated heterocycles. The second kappa shape index (κ2) is 7.23.